The highest BCUT2D eigenvalue weighted by Gasteiger charge is 2.14. The molecule has 3 aromatic rings. The lowest BCUT2D eigenvalue weighted by atomic mass is 10.2. The molecule has 0 unspecified atom stereocenters. The standard InChI is InChI=1S/C17H11Cl2FN2O2/c18-10-2-4-14(13(21)8-10)22-17(23)16-6-5-15(24-16)9-1-3-12(20)11(19)7-9/h1-8H,21H2,(H,22,23). The van der Waals surface area contributed by atoms with Crippen LogP contribution in [0.25, 0.3) is 11.3 Å². The SMILES string of the molecule is Nc1cc(Cl)ccc1NC(=O)c1ccc(-c2ccc(F)c(Cl)c2)o1. The first-order valence-electron chi connectivity index (χ1n) is 6.85. The van der Waals surface area contributed by atoms with E-state index in [-0.39, 0.29) is 10.8 Å². The normalized spacial score (nSPS) is 10.6. The first kappa shape index (κ1) is 16.4. The Kier molecular flexibility index (Phi) is 4.46. The van der Waals surface area contributed by atoms with E-state index in [1.165, 1.54) is 30.3 Å². The molecule has 0 saturated carbocycles. The van der Waals surface area contributed by atoms with E-state index in [1.807, 2.05) is 0 Å². The van der Waals surface area contributed by atoms with Gasteiger partial charge in [-0.3, -0.25) is 4.79 Å². The van der Waals surface area contributed by atoms with Gasteiger partial charge in [0.25, 0.3) is 5.91 Å². The number of anilines is 2. The van der Waals surface area contributed by atoms with Crippen LogP contribution in [-0.4, -0.2) is 5.91 Å². The van der Waals surface area contributed by atoms with Gasteiger partial charge in [0.2, 0.25) is 0 Å². The first-order chi connectivity index (χ1) is 11.4. The average Bonchev–Trinajstić information content (AvgIpc) is 3.03. The molecule has 7 heteroatoms. The molecule has 0 atom stereocenters. The lowest BCUT2D eigenvalue weighted by molar-refractivity contribution is 0.0997. The summed E-state index contributed by atoms with van der Waals surface area (Å²) in [7, 11) is 0. The fourth-order valence-corrected chi connectivity index (χ4v) is 2.46. The molecule has 122 valence electrons. The van der Waals surface area contributed by atoms with Crippen molar-refractivity contribution in [3.63, 3.8) is 0 Å². The molecule has 0 radical (unpaired) electrons. The maximum atomic E-state index is 13.2. The molecule has 2 aromatic carbocycles. The summed E-state index contributed by atoms with van der Waals surface area (Å²) in [6.45, 7) is 0. The molecule has 24 heavy (non-hydrogen) atoms. The van der Waals surface area contributed by atoms with Crippen LogP contribution in [0.2, 0.25) is 10.0 Å². The summed E-state index contributed by atoms with van der Waals surface area (Å²) in [6.07, 6.45) is 0. The van der Waals surface area contributed by atoms with Crippen molar-refractivity contribution in [2.45, 2.75) is 0 Å². The maximum absolute atomic E-state index is 13.2. The molecule has 0 aliphatic carbocycles. The molecule has 1 heterocycles. The Bertz CT molecular complexity index is 925. The summed E-state index contributed by atoms with van der Waals surface area (Å²) < 4.78 is 18.7. The van der Waals surface area contributed by atoms with Crippen molar-refractivity contribution < 1.29 is 13.6 Å². The number of halogens is 3. The van der Waals surface area contributed by atoms with Crippen LogP contribution in [0.15, 0.2) is 52.9 Å². The van der Waals surface area contributed by atoms with E-state index in [2.05, 4.69) is 5.32 Å². The van der Waals surface area contributed by atoms with Gasteiger partial charge >= 0.3 is 0 Å². The molecule has 1 amide bonds. The second-order valence-electron chi connectivity index (χ2n) is 4.98. The Balaban J connectivity index is 1.82. The molecule has 0 saturated heterocycles. The number of rotatable bonds is 3. The fourth-order valence-electron chi connectivity index (χ4n) is 2.10. The minimum absolute atomic E-state index is 0.0242. The number of hydrogen-bond donors (Lipinski definition) is 2. The van der Waals surface area contributed by atoms with Crippen molar-refractivity contribution in [1.29, 1.82) is 0 Å². The largest absolute Gasteiger partial charge is 0.451 e. The van der Waals surface area contributed by atoms with Gasteiger partial charge in [-0.2, -0.15) is 0 Å². The number of nitrogen functional groups attached to an aromatic ring is 1. The molecule has 1 aromatic heterocycles. The third kappa shape index (κ3) is 3.37. The third-order valence-corrected chi connectivity index (χ3v) is 3.82. The van der Waals surface area contributed by atoms with Gasteiger partial charge in [-0.1, -0.05) is 23.2 Å². The van der Waals surface area contributed by atoms with Gasteiger partial charge in [0.15, 0.2) is 5.76 Å². The smallest absolute Gasteiger partial charge is 0.291 e. The molecule has 0 bridgehead atoms. The minimum atomic E-state index is -0.525. The van der Waals surface area contributed by atoms with Crippen molar-refractivity contribution in [3.05, 3.63) is 70.2 Å². The fraction of sp³-hybridized carbons (Fsp3) is 0. The molecule has 0 spiro atoms. The zero-order valence-electron chi connectivity index (χ0n) is 12.1. The van der Waals surface area contributed by atoms with Crippen LogP contribution in [-0.2, 0) is 0 Å². The number of nitrogens with two attached hydrogens (primary N) is 1. The zero-order valence-corrected chi connectivity index (χ0v) is 13.7. The van der Waals surface area contributed by atoms with Gasteiger partial charge in [0.05, 0.1) is 16.4 Å². The average molecular weight is 365 g/mol. The van der Waals surface area contributed by atoms with E-state index in [9.17, 15) is 9.18 Å². The Morgan fingerprint density at radius 1 is 1.08 bits per heavy atom. The molecule has 3 N–H and O–H groups in total. The van der Waals surface area contributed by atoms with Crippen LogP contribution in [0.3, 0.4) is 0 Å². The number of furan rings is 1. The molecule has 0 fully saturated rings. The van der Waals surface area contributed by atoms with Crippen LogP contribution in [0, 0.1) is 5.82 Å². The van der Waals surface area contributed by atoms with Crippen LogP contribution in [0.4, 0.5) is 15.8 Å². The van der Waals surface area contributed by atoms with Crippen molar-refractivity contribution >= 4 is 40.5 Å². The second-order valence-corrected chi connectivity index (χ2v) is 5.82. The molecule has 0 aliphatic heterocycles. The summed E-state index contributed by atoms with van der Waals surface area (Å²) in [4.78, 5) is 12.2. The monoisotopic (exact) mass is 364 g/mol. The van der Waals surface area contributed by atoms with Gasteiger partial charge < -0.3 is 15.5 Å². The van der Waals surface area contributed by atoms with Gasteiger partial charge in [-0.05, 0) is 48.5 Å². The van der Waals surface area contributed by atoms with Crippen LogP contribution in [0.1, 0.15) is 10.6 Å². The molecular formula is C17H11Cl2FN2O2. The first-order valence-corrected chi connectivity index (χ1v) is 7.61. The van der Waals surface area contributed by atoms with Crippen molar-refractivity contribution in [1.82, 2.24) is 0 Å². The number of benzene rings is 2. The third-order valence-electron chi connectivity index (χ3n) is 3.30. The predicted octanol–water partition coefficient (Wildman–Crippen LogP) is 5.23. The lowest BCUT2D eigenvalue weighted by Crippen LogP contribution is -2.12. The number of carbonyl (C=O) groups is 1. The topological polar surface area (TPSA) is 68.3 Å². The molecular weight excluding hydrogens is 354 g/mol. The Morgan fingerprint density at radius 2 is 1.88 bits per heavy atom. The van der Waals surface area contributed by atoms with E-state index in [0.717, 1.165) is 0 Å². The quantitative estimate of drug-likeness (QED) is 0.625. The Morgan fingerprint density at radius 3 is 2.58 bits per heavy atom. The van der Waals surface area contributed by atoms with Gasteiger partial charge in [0.1, 0.15) is 11.6 Å². The number of nitrogens with one attached hydrogen (secondary N) is 1. The Labute approximate surface area is 147 Å². The van der Waals surface area contributed by atoms with Crippen molar-refractivity contribution in [2.24, 2.45) is 0 Å². The molecule has 3 rings (SSSR count). The van der Waals surface area contributed by atoms with Gasteiger partial charge in [-0.25, -0.2) is 4.39 Å². The highest BCUT2D eigenvalue weighted by Crippen LogP contribution is 2.28. The van der Waals surface area contributed by atoms with E-state index in [1.54, 1.807) is 18.2 Å². The number of carbonyl (C=O) groups excluding carboxylic acids is 1. The molecule has 0 aliphatic rings. The van der Waals surface area contributed by atoms with Crippen LogP contribution in [0.5, 0.6) is 0 Å². The molecule has 4 nitrogen and oxygen atoms in total. The van der Waals surface area contributed by atoms with Crippen LogP contribution >= 0.6 is 23.2 Å². The highest BCUT2D eigenvalue weighted by molar-refractivity contribution is 6.31. The highest BCUT2D eigenvalue weighted by atomic mass is 35.5. The lowest BCUT2D eigenvalue weighted by Gasteiger charge is -2.07. The zero-order chi connectivity index (χ0) is 17.3. The van der Waals surface area contributed by atoms with Crippen LogP contribution < -0.4 is 11.1 Å². The summed E-state index contributed by atoms with van der Waals surface area (Å²) in [5, 5.41) is 3.08. The van der Waals surface area contributed by atoms with E-state index in [0.29, 0.717) is 27.7 Å². The summed E-state index contributed by atoms with van der Waals surface area (Å²) in [6, 6.07) is 12.0. The maximum Gasteiger partial charge on any atom is 0.291 e. The van der Waals surface area contributed by atoms with Crippen molar-refractivity contribution in [2.75, 3.05) is 11.1 Å². The predicted molar refractivity (Wildman–Crippen MR) is 92.9 cm³/mol. The van der Waals surface area contributed by atoms with E-state index < -0.39 is 11.7 Å². The van der Waals surface area contributed by atoms with Crippen molar-refractivity contribution in [3.8, 4) is 11.3 Å². The van der Waals surface area contributed by atoms with E-state index >= 15 is 0 Å². The Hall–Kier alpha value is -2.50. The summed E-state index contributed by atoms with van der Waals surface area (Å²) in [5.74, 6) is -0.516. The summed E-state index contributed by atoms with van der Waals surface area (Å²) in [5.41, 5.74) is 7.12. The number of hydrogen-bond acceptors (Lipinski definition) is 3. The summed E-state index contributed by atoms with van der Waals surface area (Å²) >= 11 is 11.6. The second kappa shape index (κ2) is 6.55. The number of amides is 1. The van der Waals surface area contributed by atoms with Gasteiger partial charge in [-0.15, -0.1) is 0 Å². The van der Waals surface area contributed by atoms with Gasteiger partial charge in [0, 0.05) is 10.6 Å². The minimum Gasteiger partial charge on any atom is -0.451 e. The van der Waals surface area contributed by atoms with E-state index in [4.69, 9.17) is 33.4 Å².